The summed E-state index contributed by atoms with van der Waals surface area (Å²) < 4.78 is 2.25. The SMILES string of the molecule is c1ccc(C2CCN(C3(n4nnc5ccccc54)CCCC3)CC2)cc1. The van der Waals surface area contributed by atoms with Crippen LogP contribution in [0, 0.1) is 0 Å². The van der Waals surface area contributed by atoms with Crippen LogP contribution >= 0.6 is 0 Å². The van der Waals surface area contributed by atoms with Crippen LogP contribution < -0.4 is 0 Å². The van der Waals surface area contributed by atoms with Crippen molar-refractivity contribution in [2.24, 2.45) is 0 Å². The van der Waals surface area contributed by atoms with Gasteiger partial charge in [0, 0.05) is 13.1 Å². The van der Waals surface area contributed by atoms with Gasteiger partial charge in [0.05, 0.1) is 5.52 Å². The summed E-state index contributed by atoms with van der Waals surface area (Å²) in [7, 11) is 0. The third-order valence-corrected chi connectivity index (χ3v) is 6.50. The van der Waals surface area contributed by atoms with Crippen LogP contribution in [0.3, 0.4) is 0 Å². The molecule has 3 aromatic rings. The zero-order valence-corrected chi connectivity index (χ0v) is 15.2. The number of benzene rings is 2. The molecule has 1 aromatic heterocycles. The second kappa shape index (κ2) is 6.51. The van der Waals surface area contributed by atoms with Crippen molar-refractivity contribution in [3.05, 3.63) is 60.2 Å². The fourth-order valence-corrected chi connectivity index (χ4v) is 5.13. The number of hydrogen-bond acceptors (Lipinski definition) is 3. The Morgan fingerprint density at radius 1 is 0.846 bits per heavy atom. The summed E-state index contributed by atoms with van der Waals surface area (Å²) in [4.78, 5) is 2.71. The Morgan fingerprint density at radius 3 is 2.31 bits per heavy atom. The Labute approximate surface area is 154 Å². The van der Waals surface area contributed by atoms with E-state index in [0.717, 1.165) is 18.6 Å². The number of likely N-dealkylation sites (tertiary alicyclic amines) is 1. The number of fused-ring (bicyclic) bond motifs is 1. The highest BCUT2D eigenvalue weighted by Gasteiger charge is 2.44. The topological polar surface area (TPSA) is 34.0 Å². The molecule has 1 saturated carbocycles. The number of piperidine rings is 1. The molecule has 0 spiro atoms. The molecule has 1 saturated heterocycles. The largest absolute Gasteiger partial charge is 0.279 e. The van der Waals surface area contributed by atoms with Crippen LogP contribution in [0.4, 0.5) is 0 Å². The van der Waals surface area contributed by atoms with E-state index in [1.165, 1.54) is 49.6 Å². The van der Waals surface area contributed by atoms with Crippen LogP contribution in [0.1, 0.15) is 50.0 Å². The van der Waals surface area contributed by atoms with Gasteiger partial charge in [-0.1, -0.05) is 47.7 Å². The molecule has 2 fully saturated rings. The van der Waals surface area contributed by atoms with E-state index in [9.17, 15) is 0 Å². The van der Waals surface area contributed by atoms with Gasteiger partial charge < -0.3 is 0 Å². The van der Waals surface area contributed by atoms with Gasteiger partial charge in [-0.15, -0.1) is 5.10 Å². The molecular weight excluding hydrogens is 320 g/mol. The van der Waals surface area contributed by atoms with Crippen molar-refractivity contribution < 1.29 is 0 Å². The van der Waals surface area contributed by atoms with Gasteiger partial charge in [-0.2, -0.15) is 0 Å². The number of rotatable bonds is 3. The van der Waals surface area contributed by atoms with Crippen molar-refractivity contribution in [3.63, 3.8) is 0 Å². The second-order valence-corrected chi connectivity index (χ2v) is 7.85. The first-order chi connectivity index (χ1) is 12.9. The minimum absolute atomic E-state index is 0.0256. The van der Waals surface area contributed by atoms with Crippen molar-refractivity contribution in [3.8, 4) is 0 Å². The molecular formula is C22H26N4. The highest BCUT2D eigenvalue weighted by molar-refractivity contribution is 5.74. The molecule has 4 nitrogen and oxygen atoms in total. The maximum Gasteiger partial charge on any atom is 0.117 e. The summed E-state index contributed by atoms with van der Waals surface area (Å²) in [5, 5.41) is 9.08. The Hall–Kier alpha value is -2.20. The summed E-state index contributed by atoms with van der Waals surface area (Å²) in [6, 6.07) is 19.4. The van der Waals surface area contributed by atoms with E-state index in [1.807, 2.05) is 6.07 Å². The van der Waals surface area contributed by atoms with Gasteiger partial charge in [-0.3, -0.25) is 4.90 Å². The molecule has 1 aliphatic heterocycles. The van der Waals surface area contributed by atoms with Crippen LogP contribution in [0.2, 0.25) is 0 Å². The molecule has 134 valence electrons. The highest BCUT2D eigenvalue weighted by atomic mass is 15.5. The second-order valence-electron chi connectivity index (χ2n) is 7.85. The molecule has 0 atom stereocenters. The molecule has 5 rings (SSSR count). The average molecular weight is 346 g/mol. The predicted molar refractivity (Wildman–Crippen MR) is 104 cm³/mol. The molecule has 2 heterocycles. The van der Waals surface area contributed by atoms with Gasteiger partial charge in [0.25, 0.3) is 0 Å². The van der Waals surface area contributed by atoms with E-state index in [1.54, 1.807) is 0 Å². The Kier molecular flexibility index (Phi) is 4.01. The first-order valence-electron chi connectivity index (χ1n) is 9.98. The molecule has 0 N–H and O–H groups in total. The summed E-state index contributed by atoms with van der Waals surface area (Å²) in [5.74, 6) is 0.693. The summed E-state index contributed by atoms with van der Waals surface area (Å²) in [5.41, 5.74) is 3.72. The molecule has 26 heavy (non-hydrogen) atoms. The van der Waals surface area contributed by atoms with E-state index < -0.39 is 0 Å². The molecule has 2 aliphatic rings. The van der Waals surface area contributed by atoms with Crippen molar-refractivity contribution in [2.75, 3.05) is 13.1 Å². The van der Waals surface area contributed by atoms with E-state index in [0.29, 0.717) is 5.92 Å². The van der Waals surface area contributed by atoms with Crippen LogP contribution in [0.5, 0.6) is 0 Å². The summed E-state index contributed by atoms with van der Waals surface area (Å²) in [6.07, 6.45) is 7.42. The molecule has 4 heteroatoms. The first-order valence-corrected chi connectivity index (χ1v) is 9.98. The molecule has 0 radical (unpaired) electrons. The Bertz CT molecular complexity index is 871. The molecule has 0 amide bonds. The third-order valence-electron chi connectivity index (χ3n) is 6.50. The summed E-state index contributed by atoms with van der Waals surface area (Å²) in [6.45, 7) is 2.29. The number of aromatic nitrogens is 3. The third kappa shape index (κ3) is 2.55. The molecule has 1 aliphatic carbocycles. The Balaban J connectivity index is 1.43. The van der Waals surface area contributed by atoms with Gasteiger partial charge in [0.2, 0.25) is 0 Å². The lowest BCUT2D eigenvalue weighted by molar-refractivity contribution is -0.00534. The maximum absolute atomic E-state index is 4.63. The van der Waals surface area contributed by atoms with Gasteiger partial charge in [0.1, 0.15) is 11.2 Å². The minimum atomic E-state index is 0.0256. The van der Waals surface area contributed by atoms with Crippen LogP contribution in [-0.4, -0.2) is 33.0 Å². The Morgan fingerprint density at radius 2 is 1.54 bits per heavy atom. The maximum atomic E-state index is 4.63. The molecule has 0 bridgehead atoms. The van der Waals surface area contributed by atoms with Gasteiger partial charge in [-0.25, -0.2) is 4.68 Å². The van der Waals surface area contributed by atoms with E-state index in [4.69, 9.17) is 0 Å². The van der Waals surface area contributed by atoms with Gasteiger partial charge >= 0.3 is 0 Å². The van der Waals surface area contributed by atoms with Crippen molar-refractivity contribution in [1.82, 2.24) is 19.9 Å². The number of nitrogens with zero attached hydrogens (tertiary/aromatic N) is 4. The van der Waals surface area contributed by atoms with Crippen molar-refractivity contribution in [2.45, 2.75) is 50.1 Å². The number of para-hydroxylation sites is 1. The molecule has 0 unspecified atom stereocenters. The lowest BCUT2D eigenvalue weighted by Gasteiger charge is -2.45. The fraction of sp³-hybridized carbons (Fsp3) is 0.455. The first kappa shape index (κ1) is 16.0. The predicted octanol–water partition coefficient (Wildman–Crippen LogP) is 4.54. The quantitative estimate of drug-likeness (QED) is 0.698. The van der Waals surface area contributed by atoms with Crippen molar-refractivity contribution in [1.29, 1.82) is 0 Å². The van der Waals surface area contributed by atoms with Crippen molar-refractivity contribution >= 4 is 11.0 Å². The molecule has 2 aromatic carbocycles. The number of hydrogen-bond donors (Lipinski definition) is 0. The zero-order chi connectivity index (χ0) is 17.4. The lowest BCUT2D eigenvalue weighted by atomic mass is 9.88. The van der Waals surface area contributed by atoms with Crippen LogP contribution in [0.15, 0.2) is 54.6 Å². The zero-order valence-electron chi connectivity index (χ0n) is 15.2. The van der Waals surface area contributed by atoms with E-state index >= 15 is 0 Å². The highest BCUT2D eigenvalue weighted by Crippen LogP contribution is 2.43. The summed E-state index contributed by atoms with van der Waals surface area (Å²) >= 11 is 0. The normalized spacial score (nSPS) is 21.4. The average Bonchev–Trinajstić information content (AvgIpc) is 3.37. The van der Waals surface area contributed by atoms with Crippen LogP contribution in [0.25, 0.3) is 11.0 Å². The lowest BCUT2D eigenvalue weighted by Crippen LogP contribution is -2.52. The smallest absolute Gasteiger partial charge is 0.117 e. The van der Waals surface area contributed by atoms with E-state index in [-0.39, 0.29) is 5.66 Å². The monoisotopic (exact) mass is 346 g/mol. The van der Waals surface area contributed by atoms with Gasteiger partial charge in [0.15, 0.2) is 0 Å². The minimum Gasteiger partial charge on any atom is -0.279 e. The van der Waals surface area contributed by atoms with Gasteiger partial charge in [-0.05, 0) is 62.1 Å². The van der Waals surface area contributed by atoms with Crippen LogP contribution in [-0.2, 0) is 5.66 Å². The van der Waals surface area contributed by atoms with E-state index in [2.05, 4.69) is 68.4 Å². The fourth-order valence-electron chi connectivity index (χ4n) is 5.13. The standard InChI is InChI=1S/C22H26N4/c1-2-8-18(9-3-1)19-12-16-25(17-13-19)22(14-6-7-15-22)26-21-11-5-4-10-20(21)23-24-26/h1-5,8-11,19H,6-7,12-17H2.